The summed E-state index contributed by atoms with van der Waals surface area (Å²) in [5.41, 5.74) is -0.323. The maximum absolute atomic E-state index is 11.9. The van der Waals surface area contributed by atoms with Crippen LogP contribution in [0.3, 0.4) is 0 Å². The largest absolute Gasteiger partial charge is 0.481 e. The molecule has 0 spiro atoms. The van der Waals surface area contributed by atoms with E-state index in [1.807, 2.05) is 6.92 Å². The highest BCUT2D eigenvalue weighted by atomic mass is 16.4. The van der Waals surface area contributed by atoms with E-state index in [4.69, 9.17) is 9.52 Å². The van der Waals surface area contributed by atoms with E-state index in [0.29, 0.717) is 17.7 Å². The van der Waals surface area contributed by atoms with Gasteiger partial charge in [0.1, 0.15) is 5.76 Å². The molecule has 0 aliphatic heterocycles. The average molecular weight is 239 g/mol. The van der Waals surface area contributed by atoms with Crippen molar-refractivity contribution in [1.82, 2.24) is 5.32 Å². The third kappa shape index (κ3) is 3.62. The van der Waals surface area contributed by atoms with Crippen molar-refractivity contribution in [1.29, 1.82) is 0 Å². The van der Waals surface area contributed by atoms with Gasteiger partial charge >= 0.3 is 5.97 Å². The third-order valence-corrected chi connectivity index (χ3v) is 2.36. The fourth-order valence-corrected chi connectivity index (χ4v) is 1.61. The molecule has 5 nitrogen and oxygen atoms in total. The molecular formula is C12H17NO4. The number of carbonyl (C=O) groups is 2. The van der Waals surface area contributed by atoms with Crippen molar-refractivity contribution < 1.29 is 19.1 Å². The monoisotopic (exact) mass is 239 g/mol. The molecule has 0 aromatic carbocycles. The van der Waals surface area contributed by atoms with Crippen molar-refractivity contribution >= 4 is 11.9 Å². The Morgan fingerprint density at radius 2 is 2.12 bits per heavy atom. The number of rotatable bonds is 5. The van der Waals surface area contributed by atoms with E-state index in [-0.39, 0.29) is 12.3 Å². The molecular weight excluding hydrogens is 222 g/mol. The van der Waals surface area contributed by atoms with Gasteiger partial charge in [0.25, 0.3) is 5.91 Å². The standard InChI is InChI=1S/C12H17NO4/c1-4-9-8(5-6-17-9)11(16)13-12(2,3)7-10(14)15/h5-6H,4,7H2,1-3H3,(H,13,16)(H,14,15). The molecule has 0 aliphatic carbocycles. The number of aliphatic carboxylic acids is 1. The van der Waals surface area contributed by atoms with Crippen molar-refractivity contribution in [3.05, 3.63) is 23.7 Å². The zero-order chi connectivity index (χ0) is 13.1. The first-order valence-electron chi connectivity index (χ1n) is 5.46. The van der Waals surface area contributed by atoms with E-state index in [0.717, 1.165) is 0 Å². The predicted octanol–water partition coefficient (Wildman–Crippen LogP) is 1.83. The van der Waals surface area contributed by atoms with Crippen LogP contribution in [0.2, 0.25) is 0 Å². The molecule has 0 fully saturated rings. The van der Waals surface area contributed by atoms with Gasteiger partial charge in [-0.3, -0.25) is 9.59 Å². The molecule has 2 N–H and O–H groups in total. The van der Waals surface area contributed by atoms with Crippen LogP contribution in [0.5, 0.6) is 0 Å². The summed E-state index contributed by atoms with van der Waals surface area (Å²) in [6, 6.07) is 1.59. The normalized spacial score (nSPS) is 11.2. The number of carboxylic acids is 1. The number of carboxylic acid groups (broad SMARTS) is 1. The molecule has 0 saturated carbocycles. The first kappa shape index (κ1) is 13.3. The number of carbonyl (C=O) groups excluding carboxylic acids is 1. The highest BCUT2D eigenvalue weighted by Crippen LogP contribution is 2.14. The molecule has 0 radical (unpaired) electrons. The minimum Gasteiger partial charge on any atom is -0.481 e. The Bertz CT molecular complexity index is 420. The molecule has 0 saturated heterocycles. The van der Waals surface area contributed by atoms with Crippen LogP contribution in [0.4, 0.5) is 0 Å². The van der Waals surface area contributed by atoms with Gasteiger partial charge < -0.3 is 14.8 Å². The molecule has 0 bridgehead atoms. The second kappa shape index (κ2) is 5.03. The summed E-state index contributed by atoms with van der Waals surface area (Å²) in [4.78, 5) is 22.6. The molecule has 1 amide bonds. The SMILES string of the molecule is CCc1occc1C(=O)NC(C)(C)CC(=O)O. The zero-order valence-electron chi connectivity index (χ0n) is 10.2. The molecule has 5 heteroatoms. The third-order valence-electron chi connectivity index (χ3n) is 2.36. The summed E-state index contributed by atoms with van der Waals surface area (Å²) in [6.07, 6.45) is 1.95. The van der Waals surface area contributed by atoms with E-state index in [1.165, 1.54) is 6.26 Å². The molecule has 0 aliphatic rings. The van der Waals surface area contributed by atoms with E-state index in [9.17, 15) is 9.59 Å². The lowest BCUT2D eigenvalue weighted by Gasteiger charge is -2.24. The topological polar surface area (TPSA) is 79.5 Å². The van der Waals surface area contributed by atoms with Crippen LogP contribution in [0.1, 0.15) is 43.3 Å². The number of furan rings is 1. The number of hydrogen-bond donors (Lipinski definition) is 2. The van der Waals surface area contributed by atoms with Crippen LogP contribution in [-0.2, 0) is 11.2 Å². The van der Waals surface area contributed by atoms with Gasteiger partial charge in [0, 0.05) is 12.0 Å². The van der Waals surface area contributed by atoms with E-state index < -0.39 is 11.5 Å². The minimum absolute atomic E-state index is 0.127. The van der Waals surface area contributed by atoms with Gasteiger partial charge in [-0.05, 0) is 19.9 Å². The predicted molar refractivity (Wildman–Crippen MR) is 61.9 cm³/mol. The van der Waals surface area contributed by atoms with Crippen LogP contribution in [-0.4, -0.2) is 22.5 Å². The molecule has 0 atom stereocenters. The van der Waals surface area contributed by atoms with E-state index in [1.54, 1.807) is 19.9 Å². The maximum Gasteiger partial charge on any atom is 0.305 e. The first-order chi connectivity index (χ1) is 7.85. The lowest BCUT2D eigenvalue weighted by atomic mass is 10.00. The summed E-state index contributed by atoms with van der Waals surface area (Å²) >= 11 is 0. The van der Waals surface area contributed by atoms with Crippen LogP contribution in [0, 0.1) is 0 Å². The summed E-state index contributed by atoms with van der Waals surface area (Å²) < 4.78 is 5.15. The zero-order valence-corrected chi connectivity index (χ0v) is 10.2. The van der Waals surface area contributed by atoms with E-state index >= 15 is 0 Å². The van der Waals surface area contributed by atoms with Gasteiger partial charge in [-0.1, -0.05) is 6.92 Å². The summed E-state index contributed by atoms with van der Waals surface area (Å²) in [7, 11) is 0. The van der Waals surface area contributed by atoms with Gasteiger partial charge in [0.2, 0.25) is 0 Å². The lowest BCUT2D eigenvalue weighted by molar-refractivity contribution is -0.138. The second-order valence-electron chi connectivity index (χ2n) is 4.52. The molecule has 17 heavy (non-hydrogen) atoms. The van der Waals surface area contributed by atoms with Crippen LogP contribution < -0.4 is 5.32 Å². The number of amides is 1. The van der Waals surface area contributed by atoms with Crippen molar-refractivity contribution in [2.45, 2.75) is 39.2 Å². The van der Waals surface area contributed by atoms with Gasteiger partial charge in [-0.15, -0.1) is 0 Å². The Morgan fingerprint density at radius 1 is 1.47 bits per heavy atom. The average Bonchev–Trinajstić information content (AvgIpc) is 2.61. The smallest absolute Gasteiger partial charge is 0.305 e. The highest BCUT2D eigenvalue weighted by Gasteiger charge is 2.25. The molecule has 1 aromatic heterocycles. The number of hydrogen-bond acceptors (Lipinski definition) is 3. The fraction of sp³-hybridized carbons (Fsp3) is 0.500. The highest BCUT2D eigenvalue weighted by molar-refractivity contribution is 5.95. The van der Waals surface area contributed by atoms with Crippen molar-refractivity contribution in [3.8, 4) is 0 Å². The second-order valence-corrected chi connectivity index (χ2v) is 4.52. The molecule has 1 heterocycles. The first-order valence-corrected chi connectivity index (χ1v) is 5.46. The molecule has 1 aromatic rings. The van der Waals surface area contributed by atoms with Crippen LogP contribution in [0.25, 0.3) is 0 Å². The Hall–Kier alpha value is -1.78. The molecule has 0 unspecified atom stereocenters. The lowest BCUT2D eigenvalue weighted by Crippen LogP contribution is -2.45. The summed E-state index contributed by atoms with van der Waals surface area (Å²) in [6.45, 7) is 5.23. The Labute approximate surface area is 99.8 Å². The fourth-order valence-electron chi connectivity index (χ4n) is 1.61. The number of nitrogens with one attached hydrogen (secondary N) is 1. The quantitative estimate of drug-likeness (QED) is 0.821. The van der Waals surface area contributed by atoms with Crippen molar-refractivity contribution in [2.24, 2.45) is 0 Å². The van der Waals surface area contributed by atoms with Gasteiger partial charge in [-0.2, -0.15) is 0 Å². The van der Waals surface area contributed by atoms with Gasteiger partial charge in [-0.25, -0.2) is 0 Å². The molecule has 94 valence electrons. The Balaban J connectivity index is 2.75. The van der Waals surface area contributed by atoms with Crippen LogP contribution >= 0.6 is 0 Å². The minimum atomic E-state index is -0.946. The summed E-state index contributed by atoms with van der Waals surface area (Å²) in [5.74, 6) is -0.645. The van der Waals surface area contributed by atoms with Crippen LogP contribution in [0.15, 0.2) is 16.7 Å². The Morgan fingerprint density at radius 3 is 2.65 bits per heavy atom. The van der Waals surface area contributed by atoms with E-state index in [2.05, 4.69) is 5.32 Å². The summed E-state index contributed by atoms with van der Waals surface area (Å²) in [5, 5.41) is 11.4. The van der Waals surface area contributed by atoms with Crippen molar-refractivity contribution in [2.75, 3.05) is 0 Å². The maximum atomic E-state index is 11.9. The number of aryl methyl sites for hydroxylation is 1. The molecule has 1 rings (SSSR count). The van der Waals surface area contributed by atoms with Crippen molar-refractivity contribution in [3.63, 3.8) is 0 Å². The van der Waals surface area contributed by atoms with Gasteiger partial charge in [0.15, 0.2) is 0 Å². The Kier molecular flexibility index (Phi) is 3.93. The van der Waals surface area contributed by atoms with Gasteiger partial charge in [0.05, 0.1) is 18.2 Å².